The zero-order valence-electron chi connectivity index (χ0n) is 11.8. The number of rotatable bonds is 7. The lowest BCUT2D eigenvalue weighted by Gasteiger charge is -2.29. The molecule has 2 N–H and O–H groups in total. The standard InChI is InChI=1S/C16H26N2O/c17-16-8-11-18(12-9-16)10-4-5-13-19-14-15-6-2-1-3-7-15/h1-3,6-7,16H,4-5,8-14,17H2. The second kappa shape index (κ2) is 8.31. The summed E-state index contributed by atoms with van der Waals surface area (Å²) in [6.07, 6.45) is 4.69. The van der Waals surface area contributed by atoms with Crippen LogP contribution in [0.25, 0.3) is 0 Å². The maximum atomic E-state index is 5.90. The molecule has 1 aromatic rings. The molecular formula is C16H26N2O. The summed E-state index contributed by atoms with van der Waals surface area (Å²) >= 11 is 0. The van der Waals surface area contributed by atoms with E-state index in [9.17, 15) is 0 Å². The summed E-state index contributed by atoms with van der Waals surface area (Å²) in [5.74, 6) is 0. The SMILES string of the molecule is NC1CCN(CCCCOCc2ccccc2)CC1. The summed E-state index contributed by atoms with van der Waals surface area (Å²) < 4.78 is 5.69. The van der Waals surface area contributed by atoms with Crippen LogP contribution in [-0.2, 0) is 11.3 Å². The monoisotopic (exact) mass is 262 g/mol. The fraction of sp³-hybridized carbons (Fsp3) is 0.625. The Morgan fingerprint density at radius 2 is 1.84 bits per heavy atom. The van der Waals surface area contributed by atoms with Crippen LogP contribution < -0.4 is 5.73 Å². The van der Waals surface area contributed by atoms with Gasteiger partial charge in [0.05, 0.1) is 6.61 Å². The molecule has 0 amide bonds. The van der Waals surface area contributed by atoms with E-state index in [1.54, 1.807) is 0 Å². The van der Waals surface area contributed by atoms with E-state index >= 15 is 0 Å². The van der Waals surface area contributed by atoms with E-state index in [4.69, 9.17) is 10.5 Å². The number of ether oxygens (including phenoxy) is 1. The molecule has 1 saturated heterocycles. The molecule has 1 aromatic carbocycles. The van der Waals surface area contributed by atoms with Gasteiger partial charge in [0, 0.05) is 12.6 Å². The van der Waals surface area contributed by atoms with Crippen LogP contribution in [0.3, 0.4) is 0 Å². The minimum absolute atomic E-state index is 0.436. The predicted octanol–water partition coefficient (Wildman–Crippen LogP) is 2.41. The molecule has 106 valence electrons. The van der Waals surface area contributed by atoms with Gasteiger partial charge in [-0.05, 0) is 50.9 Å². The second-order valence-corrected chi connectivity index (χ2v) is 5.42. The topological polar surface area (TPSA) is 38.5 Å². The molecule has 1 heterocycles. The van der Waals surface area contributed by atoms with Gasteiger partial charge in [-0.15, -0.1) is 0 Å². The van der Waals surface area contributed by atoms with Crippen LogP contribution in [-0.4, -0.2) is 37.2 Å². The van der Waals surface area contributed by atoms with Gasteiger partial charge in [0.2, 0.25) is 0 Å². The molecule has 0 aliphatic carbocycles. The normalized spacial score (nSPS) is 17.7. The van der Waals surface area contributed by atoms with E-state index in [0.29, 0.717) is 6.04 Å². The number of unbranched alkanes of at least 4 members (excludes halogenated alkanes) is 1. The fourth-order valence-corrected chi connectivity index (χ4v) is 2.48. The maximum Gasteiger partial charge on any atom is 0.0716 e. The molecule has 2 rings (SSSR count). The fourth-order valence-electron chi connectivity index (χ4n) is 2.48. The molecule has 3 nitrogen and oxygen atoms in total. The largest absolute Gasteiger partial charge is 0.377 e. The smallest absolute Gasteiger partial charge is 0.0716 e. The molecule has 1 aliphatic heterocycles. The molecule has 19 heavy (non-hydrogen) atoms. The molecule has 1 fully saturated rings. The summed E-state index contributed by atoms with van der Waals surface area (Å²) in [5, 5.41) is 0. The Hall–Kier alpha value is -0.900. The van der Waals surface area contributed by atoms with Gasteiger partial charge in [-0.25, -0.2) is 0 Å². The second-order valence-electron chi connectivity index (χ2n) is 5.42. The van der Waals surface area contributed by atoms with Crippen LogP contribution in [0.15, 0.2) is 30.3 Å². The highest BCUT2D eigenvalue weighted by Crippen LogP contribution is 2.09. The minimum Gasteiger partial charge on any atom is -0.377 e. The van der Waals surface area contributed by atoms with Gasteiger partial charge in [-0.1, -0.05) is 30.3 Å². The zero-order chi connectivity index (χ0) is 13.3. The quantitative estimate of drug-likeness (QED) is 0.767. The Morgan fingerprint density at radius 3 is 2.58 bits per heavy atom. The molecule has 1 aliphatic rings. The summed E-state index contributed by atoms with van der Waals surface area (Å²) in [6, 6.07) is 10.8. The maximum absolute atomic E-state index is 5.90. The Kier molecular flexibility index (Phi) is 6.34. The molecule has 0 aromatic heterocycles. The number of likely N-dealkylation sites (tertiary alicyclic amines) is 1. The molecule has 0 spiro atoms. The Morgan fingerprint density at radius 1 is 1.11 bits per heavy atom. The van der Waals surface area contributed by atoms with E-state index in [2.05, 4.69) is 29.2 Å². The zero-order valence-corrected chi connectivity index (χ0v) is 11.8. The van der Waals surface area contributed by atoms with Crippen LogP contribution in [0.2, 0.25) is 0 Å². The first-order valence-electron chi connectivity index (χ1n) is 7.44. The van der Waals surface area contributed by atoms with Gasteiger partial charge in [-0.2, -0.15) is 0 Å². The van der Waals surface area contributed by atoms with Crippen molar-refractivity contribution in [3.05, 3.63) is 35.9 Å². The molecular weight excluding hydrogens is 236 g/mol. The Balaban J connectivity index is 1.46. The number of nitrogens with zero attached hydrogens (tertiary/aromatic N) is 1. The van der Waals surface area contributed by atoms with E-state index < -0.39 is 0 Å². The highest BCUT2D eigenvalue weighted by Gasteiger charge is 2.14. The average molecular weight is 262 g/mol. The molecule has 0 saturated carbocycles. The lowest BCUT2D eigenvalue weighted by atomic mass is 10.1. The van der Waals surface area contributed by atoms with Gasteiger partial charge >= 0.3 is 0 Å². The first-order valence-corrected chi connectivity index (χ1v) is 7.44. The van der Waals surface area contributed by atoms with Crippen molar-refractivity contribution < 1.29 is 4.74 Å². The number of hydrogen-bond donors (Lipinski definition) is 1. The van der Waals surface area contributed by atoms with Gasteiger partial charge in [0.15, 0.2) is 0 Å². The van der Waals surface area contributed by atoms with Crippen LogP contribution in [0.1, 0.15) is 31.2 Å². The van der Waals surface area contributed by atoms with E-state index in [0.717, 1.165) is 32.5 Å². The van der Waals surface area contributed by atoms with Crippen molar-refractivity contribution in [1.29, 1.82) is 0 Å². The third-order valence-electron chi connectivity index (χ3n) is 3.76. The van der Waals surface area contributed by atoms with Crippen LogP contribution in [0.4, 0.5) is 0 Å². The van der Waals surface area contributed by atoms with Crippen LogP contribution in [0, 0.1) is 0 Å². The van der Waals surface area contributed by atoms with Crippen molar-refractivity contribution in [3.63, 3.8) is 0 Å². The third kappa shape index (κ3) is 5.72. The van der Waals surface area contributed by atoms with Crippen molar-refractivity contribution >= 4 is 0 Å². The van der Waals surface area contributed by atoms with E-state index in [1.807, 2.05) is 6.07 Å². The average Bonchev–Trinajstić information content (AvgIpc) is 2.46. The molecule has 0 bridgehead atoms. The molecule has 3 heteroatoms. The highest BCUT2D eigenvalue weighted by atomic mass is 16.5. The van der Waals surface area contributed by atoms with Crippen molar-refractivity contribution in [3.8, 4) is 0 Å². The lowest BCUT2D eigenvalue weighted by Crippen LogP contribution is -2.40. The van der Waals surface area contributed by atoms with Crippen molar-refractivity contribution in [1.82, 2.24) is 4.90 Å². The molecule has 0 radical (unpaired) electrons. The summed E-state index contributed by atoms with van der Waals surface area (Å²) in [5.41, 5.74) is 7.16. The third-order valence-corrected chi connectivity index (χ3v) is 3.76. The summed E-state index contributed by atoms with van der Waals surface area (Å²) in [7, 11) is 0. The Bertz CT molecular complexity index is 334. The number of nitrogens with two attached hydrogens (primary N) is 1. The van der Waals surface area contributed by atoms with E-state index in [-0.39, 0.29) is 0 Å². The van der Waals surface area contributed by atoms with Crippen LogP contribution >= 0.6 is 0 Å². The summed E-state index contributed by atoms with van der Waals surface area (Å²) in [4.78, 5) is 2.53. The van der Waals surface area contributed by atoms with Gasteiger partial charge in [0.1, 0.15) is 0 Å². The van der Waals surface area contributed by atoms with Gasteiger partial charge < -0.3 is 15.4 Å². The lowest BCUT2D eigenvalue weighted by molar-refractivity contribution is 0.112. The van der Waals surface area contributed by atoms with Gasteiger partial charge in [-0.3, -0.25) is 0 Å². The first kappa shape index (κ1) is 14.5. The molecule has 0 atom stereocenters. The molecule has 0 unspecified atom stereocenters. The van der Waals surface area contributed by atoms with Crippen LogP contribution in [0.5, 0.6) is 0 Å². The highest BCUT2D eigenvalue weighted by molar-refractivity contribution is 5.13. The number of piperidine rings is 1. The van der Waals surface area contributed by atoms with Gasteiger partial charge in [0.25, 0.3) is 0 Å². The number of hydrogen-bond acceptors (Lipinski definition) is 3. The van der Waals surface area contributed by atoms with E-state index in [1.165, 1.54) is 31.6 Å². The predicted molar refractivity (Wildman–Crippen MR) is 79.0 cm³/mol. The van der Waals surface area contributed by atoms with Crippen molar-refractivity contribution in [2.75, 3.05) is 26.2 Å². The Labute approximate surface area is 116 Å². The first-order chi connectivity index (χ1) is 9.34. The number of benzene rings is 1. The van der Waals surface area contributed by atoms with Crippen molar-refractivity contribution in [2.45, 2.75) is 38.3 Å². The summed E-state index contributed by atoms with van der Waals surface area (Å²) in [6.45, 7) is 5.14. The van der Waals surface area contributed by atoms with Crippen molar-refractivity contribution in [2.24, 2.45) is 5.73 Å². The minimum atomic E-state index is 0.436.